The standard InChI is InChI=1S/C15H20BrClN2/c16-14-7-13(8-17)15(18-9-14)19-6-5-11-3-1-2-4-12(11)10-19/h7,9,11-12H,1-6,8,10H2. The highest BCUT2D eigenvalue weighted by molar-refractivity contribution is 9.10. The van der Waals surface area contributed by atoms with Gasteiger partial charge in [-0.1, -0.05) is 19.3 Å². The van der Waals surface area contributed by atoms with Crippen LogP contribution >= 0.6 is 27.5 Å². The highest BCUT2D eigenvalue weighted by Gasteiger charge is 2.32. The van der Waals surface area contributed by atoms with Crippen LogP contribution in [0.15, 0.2) is 16.7 Å². The summed E-state index contributed by atoms with van der Waals surface area (Å²) >= 11 is 9.55. The third-order valence-electron chi connectivity index (χ3n) is 4.64. The van der Waals surface area contributed by atoms with Crippen LogP contribution in [0.2, 0.25) is 0 Å². The fourth-order valence-electron chi connectivity index (χ4n) is 3.65. The summed E-state index contributed by atoms with van der Waals surface area (Å²) in [6.07, 6.45) is 8.89. The first-order valence-electron chi connectivity index (χ1n) is 7.23. The summed E-state index contributed by atoms with van der Waals surface area (Å²) in [6.45, 7) is 2.31. The van der Waals surface area contributed by atoms with E-state index in [0.717, 1.165) is 34.2 Å². The number of rotatable bonds is 2. The number of fused-ring (bicyclic) bond motifs is 1. The summed E-state index contributed by atoms with van der Waals surface area (Å²) in [4.78, 5) is 7.06. The van der Waals surface area contributed by atoms with E-state index in [9.17, 15) is 0 Å². The largest absolute Gasteiger partial charge is 0.356 e. The van der Waals surface area contributed by atoms with E-state index in [4.69, 9.17) is 11.6 Å². The molecule has 1 aliphatic heterocycles. The molecule has 0 N–H and O–H groups in total. The minimum Gasteiger partial charge on any atom is -0.356 e. The third-order valence-corrected chi connectivity index (χ3v) is 5.37. The van der Waals surface area contributed by atoms with Crippen molar-refractivity contribution in [3.63, 3.8) is 0 Å². The zero-order valence-electron chi connectivity index (χ0n) is 11.1. The molecular weight excluding hydrogens is 324 g/mol. The van der Waals surface area contributed by atoms with Gasteiger partial charge in [0.05, 0.1) is 5.88 Å². The van der Waals surface area contributed by atoms with Crippen LogP contribution in [0, 0.1) is 11.8 Å². The van der Waals surface area contributed by atoms with Crippen molar-refractivity contribution in [3.05, 3.63) is 22.3 Å². The Balaban J connectivity index is 1.79. The average Bonchev–Trinajstić information content (AvgIpc) is 2.46. The van der Waals surface area contributed by atoms with Crippen LogP contribution in [0.1, 0.15) is 37.7 Å². The summed E-state index contributed by atoms with van der Waals surface area (Å²) in [7, 11) is 0. The Kier molecular flexibility index (Phi) is 4.33. The second kappa shape index (κ2) is 6.01. The van der Waals surface area contributed by atoms with Crippen LogP contribution in [0.3, 0.4) is 0 Å². The van der Waals surface area contributed by atoms with Gasteiger partial charge in [-0.3, -0.25) is 0 Å². The van der Waals surface area contributed by atoms with Gasteiger partial charge in [-0.25, -0.2) is 4.98 Å². The van der Waals surface area contributed by atoms with Crippen molar-refractivity contribution < 1.29 is 0 Å². The lowest BCUT2D eigenvalue weighted by Gasteiger charge is -2.42. The first-order valence-corrected chi connectivity index (χ1v) is 8.56. The van der Waals surface area contributed by atoms with Crippen LogP contribution in [0.4, 0.5) is 5.82 Å². The van der Waals surface area contributed by atoms with Crippen molar-refractivity contribution in [3.8, 4) is 0 Å². The number of nitrogens with zero attached hydrogens (tertiary/aromatic N) is 2. The first kappa shape index (κ1) is 13.7. The van der Waals surface area contributed by atoms with Crippen molar-refractivity contribution in [1.29, 1.82) is 0 Å². The number of piperidine rings is 1. The number of hydrogen-bond donors (Lipinski definition) is 0. The summed E-state index contributed by atoms with van der Waals surface area (Å²) in [5.74, 6) is 3.46. The number of anilines is 1. The fraction of sp³-hybridized carbons (Fsp3) is 0.667. The molecule has 2 unspecified atom stereocenters. The van der Waals surface area contributed by atoms with Gasteiger partial charge in [0.2, 0.25) is 0 Å². The molecular formula is C15H20BrClN2. The van der Waals surface area contributed by atoms with Gasteiger partial charge in [0.25, 0.3) is 0 Å². The average molecular weight is 344 g/mol. The Labute approximate surface area is 128 Å². The van der Waals surface area contributed by atoms with E-state index in [-0.39, 0.29) is 0 Å². The highest BCUT2D eigenvalue weighted by Crippen LogP contribution is 2.38. The van der Waals surface area contributed by atoms with E-state index in [0.29, 0.717) is 5.88 Å². The van der Waals surface area contributed by atoms with Crippen LogP contribution in [0.5, 0.6) is 0 Å². The topological polar surface area (TPSA) is 16.1 Å². The number of pyridine rings is 1. The predicted molar refractivity (Wildman–Crippen MR) is 83.8 cm³/mol. The number of halogens is 2. The molecule has 1 aromatic rings. The SMILES string of the molecule is ClCc1cc(Br)cnc1N1CCC2CCCCC2C1. The monoisotopic (exact) mass is 342 g/mol. The Bertz CT molecular complexity index is 452. The van der Waals surface area contributed by atoms with Crippen LogP contribution in [0.25, 0.3) is 0 Å². The Morgan fingerprint density at radius 2 is 2.05 bits per heavy atom. The molecule has 0 radical (unpaired) electrons. The molecule has 2 atom stereocenters. The van der Waals surface area contributed by atoms with Gasteiger partial charge >= 0.3 is 0 Å². The number of aromatic nitrogens is 1. The van der Waals surface area contributed by atoms with Crippen molar-refractivity contribution in [2.24, 2.45) is 11.8 Å². The lowest BCUT2D eigenvalue weighted by molar-refractivity contribution is 0.202. The van der Waals surface area contributed by atoms with Crippen LogP contribution < -0.4 is 4.90 Å². The minimum absolute atomic E-state index is 0.534. The van der Waals surface area contributed by atoms with Crippen molar-refractivity contribution >= 4 is 33.3 Å². The smallest absolute Gasteiger partial charge is 0.133 e. The molecule has 2 fully saturated rings. The van der Waals surface area contributed by atoms with E-state index < -0.39 is 0 Å². The quantitative estimate of drug-likeness (QED) is 0.730. The van der Waals surface area contributed by atoms with Gasteiger partial charge in [0.15, 0.2) is 0 Å². The van der Waals surface area contributed by atoms with Crippen molar-refractivity contribution in [1.82, 2.24) is 4.98 Å². The maximum Gasteiger partial charge on any atom is 0.133 e. The van der Waals surface area contributed by atoms with Gasteiger partial charge in [0, 0.05) is 29.3 Å². The maximum atomic E-state index is 6.07. The minimum atomic E-state index is 0.534. The van der Waals surface area contributed by atoms with E-state index in [1.165, 1.54) is 38.6 Å². The predicted octanol–water partition coefficient (Wildman–Crippen LogP) is 4.60. The Hall–Kier alpha value is -0.280. The molecule has 104 valence electrons. The summed E-state index contributed by atoms with van der Waals surface area (Å²) in [6, 6.07) is 2.10. The third kappa shape index (κ3) is 2.92. The summed E-state index contributed by atoms with van der Waals surface area (Å²) in [5, 5.41) is 0. The van der Waals surface area contributed by atoms with E-state index in [1.807, 2.05) is 6.20 Å². The zero-order valence-corrected chi connectivity index (χ0v) is 13.5. The van der Waals surface area contributed by atoms with Crippen LogP contribution in [-0.2, 0) is 5.88 Å². The molecule has 1 aromatic heterocycles. The molecule has 1 saturated carbocycles. The Morgan fingerprint density at radius 3 is 2.84 bits per heavy atom. The van der Waals surface area contributed by atoms with Gasteiger partial charge in [0.1, 0.15) is 5.82 Å². The molecule has 0 aromatic carbocycles. The van der Waals surface area contributed by atoms with E-state index in [1.54, 1.807) is 0 Å². The molecule has 2 heterocycles. The molecule has 4 heteroatoms. The molecule has 0 bridgehead atoms. The fourth-order valence-corrected chi connectivity index (χ4v) is 4.23. The first-order chi connectivity index (χ1) is 9.28. The molecule has 0 amide bonds. The van der Waals surface area contributed by atoms with E-state index in [2.05, 4.69) is 31.9 Å². The van der Waals surface area contributed by atoms with Gasteiger partial charge in [-0.05, 0) is 46.7 Å². The molecule has 2 nitrogen and oxygen atoms in total. The van der Waals surface area contributed by atoms with Crippen molar-refractivity contribution in [2.45, 2.75) is 38.0 Å². The summed E-state index contributed by atoms with van der Waals surface area (Å²) < 4.78 is 1.01. The Morgan fingerprint density at radius 1 is 1.26 bits per heavy atom. The lowest BCUT2D eigenvalue weighted by atomic mass is 9.75. The molecule has 2 aliphatic rings. The lowest BCUT2D eigenvalue weighted by Crippen LogP contribution is -2.42. The van der Waals surface area contributed by atoms with Gasteiger partial charge in [-0.2, -0.15) is 0 Å². The maximum absolute atomic E-state index is 6.07. The normalized spacial score (nSPS) is 27.2. The molecule has 19 heavy (non-hydrogen) atoms. The molecule has 1 saturated heterocycles. The molecule has 1 aliphatic carbocycles. The number of alkyl halides is 1. The van der Waals surface area contributed by atoms with Crippen LogP contribution in [-0.4, -0.2) is 18.1 Å². The zero-order chi connectivity index (χ0) is 13.2. The van der Waals surface area contributed by atoms with Crippen molar-refractivity contribution in [2.75, 3.05) is 18.0 Å². The summed E-state index contributed by atoms with van der Waals surface area (Å²) in [5.41, 5.74) is 1.14. The number of hydrogen-bond acceptors (Lipinski definition) is 2. The molecule has 3 rings (SSSR count). The molecule has 0 spiro atoms. The second-order valence-corrected chi connectivity index (χ2v) is 6.99. The second-order valence-electron chi connectivity index (χ2n) is 5.81. The highest BCUT2D eigenvalue weighted by atomic mass is 79.9. The van der Waals surface area contributed by atoms with E-state index >= 15 is 0 Å². The van der Waals surface area contributed by atoms with Gasteiger partial charge in [-0.15, -0.1) is 11.6 Å². The van der Waals surface area contributed by atoms with Gasteiger partial charge < -0.3 is 4.90 Å².